The van der Waals surface area contributed by atoms with Gasteiger partial charge in [-0.3, -0.25) is 9.78 Å². The number of aryl methyl sites for hydroxylation is 1. The van der Waals surface area contributed by atoms with Crippen molar-refractivity contribution in [2.45, 2.75) is 26.3 Å². The van der Waals surface area contributed by atoms with E-state index in [0.29, 0.717) is 6.42 Å². The van der Waals surface area contributed by atoms with Gasteiger partial charge in [-0.1, -0.05) is 24.3 Å². The Hall–Kier alpha value is -2.16. The van der Waals surface area contributed by atoms with Crippen LogP contribution in [-0.2, 0) is 11.2 Å². The monoisotopic (exact) mass is 254 g/mol. The Balaban J connectivity index is 1.97. The lowest BCUT2D eigenvalue weighted by atomic mass is 10.0. The van der Waals surface area contributed by atoms with E-state index >= 15 is 0 Å². The number of carbonyl (C=O) groups excluding carboxylic acids is 1. The quantitative estimate of drug-likeness (QED) is 0.911. The maximum absolute atomic E-state index is 12.0. The molecule has 3 heteroatoms. The van der Waals surface area contributed by atoms with Crippen LogP contribution in [0.25, 0.3) is 0 Å². The van der Waals surface area contributed by atoms with E-state index in [4.69, 9.17) is 0 Å². The molecule has 2 aromatic rings. The molecule has 98 valence electrons. The predicted molar refractivity (Wildman–Crippen MR) is 75.7 cm³/mol. The third kappa shape index (κ3) is 3.65. The van der Waals surface area contributed by atoms with E-state index in [1.165, 1.54) is 0 Å². The first-order valence-corrected chi connectivity index (χ1v) is 6.40. The van der Waals surface area contributed by atoms with Crippen molar-refractivity contribution >= 4 is 5.91 Å². The van der Waals surface area contributed by atoms with Gasteiger partial charge in [0.25, 0.3) is 0 Å². The van der Waals surface area contributed by atoms with Gasteiger partial charge in [-0.05, 0) is 42.7 Å². The fourth-order valence-electron chi connectivity index (χ4n) is 2.01. The molecule has 0 aliphatic rings. The standard InChI is InChI=1S/C16H18N2O/c1-12-5-3-4-6-15(12)11-16(19)18-13(2)14-7-9-17-10-8-14/h3-10,13H,11H2,1-2H3,(H,18,19)/t13-/m0/s1. The van der Waals surface area contributed by atoms with Crippen LogP contribution >= 0.6 is 0 Å². The number of nitrogens with one attached hydrogen (secondary N) is 1. The van der Waals surface area contributed by atoms with Crippen molar-refractivity contribution in [1.29, 1.82) is 0 Å². The Labute approximate surface area is 113 Å². The number of amides is 1. The Morgan fingerprint density at radius 1 is 1.21 bits per heavy atom. The third-order valence-corrected chi connectivity index (χ3v) is 3.20. The van der Waals surface area contributed by atoms with Gasteiger partial charge in [0.05, 0.1) is 12.5 Å². The smallest absolute Gasteiger partial charge is 0.224 e. The summed E-state index contributed by atoms with van der Waals surface area (Å²) >= 11 is 0. The highest BCUT2D eigenvalue weighted by Crippen LogP contribution is 2.12. The summed E-state index contributed by atoms with van der Waals surface area (Å²) in [6.07, 6.45) is 3.89. The second-order valence-corrected chi connectivity index (χ2v) is 4.67. The van der Waals surface area contributed by atoms with Crippen LogP contribution in [0.3, 0.4) is 0 Å². The summed E-state index contributed by atoms with van der Waals surface area (Å²) in [4.78, 5) is 16.0. The summed E-state index contributed by atoms with van der Waals surface area (Å²) in [5.74, 6) is 0.0404. The van der Waals surface area contributed by atoms with E-state index in [9.17, 15) is 4.79 Å². The zero-order valence-corrected chi connectivity index (χ0v) is 11.3. The molecule has 0 aliphatic carbocycles. The average Bonchev–Trinajstić information content (AvgIpc) is 2.42. The van der Waals surface area contributed by atoms with Crippen LogP contribution in [0.15, 0.2) is 48.8 Å². The lowest BCUT2D eigenvalue weighted by Crippen LogP contribution is -2.28. The number of hydrogen-bond donors (Lipinski definition) is 1. The van der Waals surface area contributed by atoms with Gasteiger partial charge < -0.3 is 5.32 Å². The van der Waals surface area contributed by atoms with Crippen LogP contribution in [0.5, 0.6) is 0 Å². The summed E-state index contributed by atoms with van der Waals surface area (Å²) in [6.45, 7) is 4.00. The highest BCUT2D eigenvalue weighted by atomic mass is 16.1. The number of aromatic nitrogens is 1. The van der Waals surface area contributed by atoms with Crippen molar-refractivity contribution in [2.75, 3.05) is 0 Å². The number of hydrogen-bond acceptors (Lipinski definition) is 2. The fourth-order valence-corrected chi connectivity index (χ4v) is 2.01. The second kappa shape index (κ2) is 6.14. The molecule has 0 unspecified atom stereocenters. The van der Waals surface area contributed by atoms with E-state index in [2.05, 4.69) is 10.3 Å². The molecule has 1 aromatic carbocycles. The minimum absolute atomic E-state index is 0.000446. The first-order chi connectivity index (χ1) is 9.16. The average molecular weight is 254 g/mol. The number of carbonyl (C=O) groups is 1. The van der Waals surface area contributed by atoms with Crippen molar-refractivity contribution in [3.05, 3.63) is 65.5 Å². The molecule has 0 saturated carbocycles. The van der Waals surface area contributed by atoms with Crippen LogP contribution in [0.1, 0.15) is 29.7 Å². The van der Waals surface area contributed by atoms with Crippen molar-refractivity contribution < 1.29 is 4.79 Å². The van der Waals surface area contributed by atoms with Crippen LogP contribution in [0.4, 0.5) is 0 Å². The number of pyridine rings is 1. The van der Waals surface area contributed by atoms with Gasteiger partial charge in [0, 0.05) is 12.4 Å². The summed E-state index contributed by atoms with van der Waals surface area (Å²) in [5, 5.41) is 3.01. The Kier molecular flexibility index (Phi) is 4.29. The zero-order valence-electron chi connectivity index (χ0n) is 11.3. The third-order valence-electron chi connectivity index (χ3n) is 3.20. The summed E-state index contributed by atoms with van der Waals surface area (Å²) in [6, 6.07) is 11.8. The molecule has 0 radical (unpaired) electrons. The summed E-state index contributed by atoms with van der Waals surface area (Å²) < 4.78 is 0. The van der Waals surface area contributed by atoms with Crippen molar-refractivity contribution in [3.63, 3.8) is 0 Å². The topological polar surface area (TPSA) is 42.0 Å². The number of nitrogens with zero attached hydrogens (tertiary/aromatic N) is 1. The Morgan fingerprint density at radius 2 is 1.89 bits per heavy atom. The zero-order chi connectivity index (χ0) is 13.7. The highest BCUT2D eigenvalue weighted by Gasteiger charge is 2.10. The lowest BCUT2D eigenvalue weighted by Gasteiger charge is -2.14. The molecular formula is C16H18N2O. The molecule has 0 fully saturated rings. The second-order valence-electron chi connectivity index (χ2n) is 4.67. The maximum atomic E-state index is 12.0. The molecule has 0 spiro atoms. The molecule has 1 N–H and O–H groups in total. The van der Waals surface area contributed by atoms with Gasteiger partial charge in [0.1, 0.15) is 0 Å². The van der Waals surface area contributed by atoms with Crippen LogP contribution < -0.4 is 5.32 Å². The van der Waals surface area contributed by atoms with E-state index in [1.807, 2.05) is 50.2 Å². The first-order valence-electron chi connectivity index (χ1n) is 6.40. The largest absolute Gasteiger partial charge is 0.349 e. The molecule has 19 heavy (non-hydrogen) atoms. The van der Waals surface area contributed by atoms with Crippen LogP contribution in [0, 0.1) is 6.92 Å². The summed E-state index contributed by atoms with van der Waals surface area (Å²) in [5.41, 5.74) is 3.28. The van der Waals surface area contributed by atoms with Gasteiger partial charge in [-0.25, -0.2) is 0 Å². The van der Waals surface area contributed by atoms with E-state index in [0.717, 1.165) is 16.7 Å². The minimum Gasteiger partial charge on any atom is -0.349 e. The van der Waals surface area contributed by atoms with E-state index < -0.39 is 0 Å². The van der Waals surface area contributed by atoms with E-state index in [-0.39, 0.29) is 11.9 Å². The van der Waals surface area contributed by atoms with Gasteiger partial charge in [0.2, 0.25) is 5.91 Å². The molecular weight excluding hydrogens is 236 g/mol. The molecule has 3 nitrogen and oxygen atoms in total. The van der Waals surface area contributed by atoms with Crippen molar-refractivity contribution in [1.82, 2.24) is 10.3 Å². The lowest BCUT2D eigenvalue weighted by molar-refractivity contribution is -0.121. The molecule has 0 aliphatic heterocycles. The molecule has 1 heterocycles. The van der Waals surface area contributed by atoms with Gasteiger partial charge in [-0.2, -0.15) is 0 Å². The SMILES string of the molecule is Cc1ccccc1CC(=O)N[C@@H](C)c1ccncc1. The summed E-state index contributed by atoms with van der Waals surface area (Å²) in [7, 11) is 0. The van der Waals surface area contributed by atoms with Crippen molar-refractivity contribution in [3.8, 4) is 0 Å². The molecule has 0 saturated heterocycles. The molecule has 0 bridgehead atoms. The molecule has 2 rings (SSSR count). The van der Waals surface area contributed by atoms with E-state index in [1.54, 1.807) is 12.4 Å². The molecule has 1 atom stereocenters. The maximum Gasteiger partial charge on any atom is 0.224 e. The van der Waals surface area contributed by atoms with Gasteiger partial charge >= 0.3 is 0 Å². The predicted octanol–water partition coefficient (Wildman–Crippen LogP) is 2.81. The van der Waals surface area contributed by atoms with Gasteiger partial charge in [0.15, 0.2) is 0 Å². The normalized spacial score (nSPS) is 11.9. The minimum atomic E-state index is -0.000446. The Bertz CT molecular complexity index is 552. The first kappa shape index (κ1) is 13.3. The van der Waals surface area contributed by atoms with Crippen molar-refractivity contribution in [2.24, 2.45) is 0 Å². The Morgan fingerprint density at radius 3 is 2.58 bits per heavy atom. The fraction of sp³-hybridized carbons (Fsp3) is 0.250. The van der Waals surface area contributed by atoms with Gasteiger partial charge in [-0.15, -0.1) is 0 Å². The highest BCUT2D eigenvalue weighted by molar-refractivity contribution is 5.79. The molecule has 1 aromatic heterocycles. The van der Waals surface area contributed by atoms with Crippen LogP contribution in [-0.4, -0.2) is 10.9 Å². The number of rotatable bonds is 4. The number of benzene rings is 1. The molecule has 1 amide bonds. The van der Waals surface area contributed by atoms with Crippen LogP contribution in [0.2, 0.25) is 0 Å².